The fourth-order valence-corrected chi connectivity index (χ4v) is 5.36. The van der Waals surface area contributed by atoms with E-state index in [1.54, 1.807) is 22.7 Å². The third-order valence-corrected chi connectivity index (χ3v) is 7.43. The Morgan fingerprint density at radius 2 is 1.74 bits per heavy atom. The topological polar surface area (TPSA) is 102 Å². The van der Waals surface area contributed by atoms with Gasteiger partial charge in [0.1, 0.15) is 5.82 Å². The van der Waals surface area contributed by atoms with Gasteiger partial charge in [-0.05, 0) is 37.6 Å². The Kier molecular flexibility index (Phi) is 5.14. The standard InChI is InChI=1S/C20H24N6O4S/c1-15-21-22-19-6-7-20(23-26(15)19)24-8-2-9-25(11-10-24)31(27,28)16-4-5-17-18(14-16)30-13-3-12-29-17/h4-7,14H,2-3,8-13H2,1H3. The van der Waals surface area contributed by atoms with Gasteiger partial charge >= 0.3 is 0 Å². The normalized spacial score (nSPS) is 18.0. The molecular formula is C20H24N6O4S. The van der Waals surface area contributed by atoms with Crippen LogP contribution >= 0.6 is 0 Å². The molecule has 0 amide bonds. The summed E-state index contributed by atoms with van der Waals surface area (Å²) in [6.45, 7) is 5.01. The monoisotopic (exact) mass is 444 g/mol. The predicted molar refractivity (Wildman–Crippen MR) is 113 cm³/mol. The first kappa shape index (κ1) is 20.0. The van der Waals surface area contributed by atoms with Gasteiger partial charge in [-0.25, -0.2) is 8.42 Å². The Morgan fingerprint density at radius 1 is 0.903 bits per heavy atom. The molecule has 0 saturated carbocycles. The molecule has 2 aliphatic rings. The molecule has 5 rings (SSSR count). The average molecular weight is 445 g/mol. The van der Waals surface area contributed by atoms with Crippen molar-refractivity contribution in [2.24, 2.45) is 0 Å². The maximum absolute atomic E-state index is 13.3. The second kappa shape index (κ2) is 7.97. The molecule has 2 aliphatic heterocycles. The fraction of sp³-hybridized carbons (Fsp3) is 0.450. The summed E-state index contributed by atoms with van der Waals surface area (Å²) in [4.78, 5) is 2.33. The molecule has 0 radical (unpaired) electrons. The molecule has 2 aromatic heterocycles. The van der Waals surface area contributed by atoms with E-state index >= 15 is 0 Å². The van der Waals surface area contributed by atoms with Crippen LogP contribution in [0.25, 0.3) is 5.65 Å². The molecule has 164 valence electrons. The van der Waals surface area contributed by atoms with Gasteiger partial charge in [0.2, 0.25) is 10.0 Å². The Bertz CT molecular complexity index is 1210. The predicted octanol–water partition coefficient (Wildman–Crippen LogP) is 1.50. The second-order valence-electron chi connectivity index (χ2n) is 7.61. The summed E-state index contributed by atoms with van der Waals surface area (Å²) in [5.41, 5.74) is 0.690. The first-order valence-corrected chi connectivity index (χ1v) is 11.8. The van der Waals surface area contributed by atoms with Crippen molar-refractivity contribution in [3.05, 3.63) is 36.2 Å². The van der Waals surface area contributed by atoms with Crippen LogP contribution in [0.5, 0.6) is 11.5 Å². The highest BCUT2D eigenvalue weighted by molar-refractivity contribution is 7.89. The van der Waals surface area contributed by atoms with Crippen molar-refractivity contribution in [3.63, 3.8) is 0 Å². The molecule has 31 heavy (non-hydrogen) atoms. The first-order chi connectivity index (χ1) is 15.0. The van der Waals surface area contributed by atoms with E-state index in [4.69, 9.17) is 9.47 Å². The minimum absolute atomic E-state index is 0.227. The van der Waals surface area contributed by atoms with Crippen LogP contribution in [0.2, 0.25) is 0 Å². The number of sulfonamides is 1. The second-order valence-corrected chi connectivity index (χ2v) is 9.55. The molecule has 0 atom stereocenters. The summed E-state index contributed by atoms with van der Waals surface area (Å²) in [7, 11) is -3.64. The Labute approximate surface area is 180 Å². The summed E-state index contributed by atoms with van der Waals surface area (Å²) < 4.78 is 41.2. The molecule has 10 nitrogen and oxygen atoms in total. The molecule has 1 aromatic carbocycles. The van der Waals surface area contributed by atoms with Gasteiger partial charge in [-0.2, -0.15) is 8.82 Å². The van der Waals surface area contributed by atoms with Crippen LogP contribution < -0.4 is 14.4 Å². The van der Waals surface area contributed by atoms with Crippen LogP contribution in [0.4, 0.5) is 5.82 Å². The number of aryl methyl sites for hydroxylation is 1. The molecule has 1 fully saturated rings. The van der Waals surface area contributed by atoms with E-state index in [0.29, 0.717) is 68.8 Å². The lowest BCUT2D eigenvalue weighted by molar-refractivity contribution is 0.296. The molecule has 0 aliphatic carbocycles. The number of benzene rings is 1. The Hall–Kier alpha value is -2.92. The maximum atomic E-state index is 13.3. The van der Waals surface area contributed by atoms with Gasteiger partial charge in [0.05, 0.1) is 18.1 Å². The van der Waals surface area contributed by atoms with E-state index in [1.165, 1.54) is 4.31 Å². The van der Waals surface area contributed by atoms with Gasteiger partial charge in [-0.3, -0.25) is 0 Å². The summed E-state index contributed by atoms with van der Waals surface area (Å²) in [6, 6.07) is 8.62. The lowest BCUT2D eigenvalue weighted by Crippen LogP contribution is -2.35. The minimum atomic E-state index is -3.64. The quantitative estimate of drug-likeness (QED) is 0.599. The third-order valence-electron chi connectivity index (χ3n) is 5.54. The van der Waals surface area contributed by atoms with Gasteiger partial charge in [0, 0.05) is 38.7 Å². The summed E-state index contributed by atoms with van der Waals surface area (Å²) in [6.07, 6.45) is 1.47. The Balaban J connectivity index is 1.35. The van der Waals surface area contributed by atoms with E-state index in [2.05, 4.69) is 20.2 Å². The van der Waals surface area contributed by atoms with E-state index in [0.717, 1.165) is 12.2 Å². The van der Waals surface area contributed by atoms with Crippen LogP contribution in [-0.2, 0) is 10.0 Å². The number of nitrogens with zero attached hydrogens (tertiary/aromatic N) is 6. The van der Waals surface area contributed by atoms with Crippen molar-refractivity contribution in [2.75, 3.05) is 44.3 Å². The smallest absolute Gasteiger partial charge is 0.243 e. The van der Waals surface area contributed by atoms with Crippen LogP contribution in [0.15, 0.2) is 35.2 Å². The van der Waals surface area contributed by atoms with Crippen molar-refractivity contribution in [3.8, 4) is 11.5 Å². The van der Waals surface area contributed by atoms with Crippen molar-refractivity contribution >= 4 is 21.5 Å². The largest absolute Gasteiger partial charge is 0.490 e. The fourth-order valence-electron chi connectivity index (χ4n) is 3.87. The molecule has 0 unspecified atom stereocenters. The highest BCUT2D eigenvalue weighted by atomic mass is 32.2. The van der Waals surface area contributed by atoms with Gasteiger partial charge in [0.25, 0.3) is 0 Å². The molecule has 0 N–H and O–H groups in total. The average Bonchev–Trinajstić information content (AvgIpc) is 2.99. The zero-order valence-electron chi connectivity index (χ0n) is 17.3. The number of fused-ring (bicyclic) bond motifs is 2. The lowest BCUT2D eigenvalue weighted by atomic mass is 10.3. The molecule has 11 heteroatoms. The lowest BCUT2D eigenvalue weighted by Gasteiger charge is -2.23. The zero-order valence-corrected chi connectivity index (χ0v) is 18.1. The number of hydrogen-bond acceptors (Lipinski definition) is 8. The first-order valence-electron chi connectivity index (χ1n) is 10.4. The van der Waals surface area contributed by atoms with Crippen LogP contribution in [-0.4, -0.2) is 71.9 Å². The summed E-state index contributed by atoms with van der Waals surface area (Å²) >= 11 is 0. The third kappa shape index (κ3) is 3.79. The van der Waals surface area contributed by atoms with E-state index in [-0.39, 0.29) is 4.90 Å². The number of ether oxygens (including phenoxy) is 2. The van der Waals surface area contributed by atoms with Gasteiger partial charge in [-0.15, -0.1) is 15.3 Å². The molecule has 4 heterocycles. The van der Waals surface area contributed by atoms with Gasteiger partial charge < -0.3 is 14.4 Å². The number of aromatic nitrogens is 4. The van der Waals surface area contributed by atoms with Crippen LogP contribution in [0, 0.1) is 6.92 Å². The SMILES string of the molecule is Cc1nnc2ccc(N3CCCN(S(=O)(=O)c4ccc5c(c4)OCCCO5)CC3)nn12. The van der Waals surface area contributed by atoms with Crippen molar-refractivity contribution in [1.29, 1.82) is 0 Å². The minimum Gasteiger partial charge on any atom is -0.490 e. The van der Waals surface area contributed by atoms with Gasteiger partial charge in [0.15, 0.2) is 23.0 Å². The Morgan fingerprint density at radius 3 is 2.61 bits per heavy atom. The number of anilines is 1. The zero-order chi connectivity index (χ0) is 21.4. The highest BCUT2D eigenvalue weighted by Crippen LogP contribution is 2.33. The molecule has 0 bridgehead atoms. The summed E-state index contributed by atoms with van der Waals surface area (Å²) in [5.74, 6) is 2.57. The van der Waals surface area contributed by atoms with Crippen LogP contribution in [0.1, 0.15) is 18.7 Å². The molecule has 0 spiro atoms. The number of rotatable bonds is 3. The van der Waals surface area contributed by atoms with Crippen molar-refractivity contribution in [1.82, 2.24) is 24.1 Å². The van der Waals surface area contributed by atoms with E-state index in [1.807, 2.05) is 19.1 Å². The molecule has 1 saturated heterocycles. The van der Waals surface area contributed by atoms with Crippen molar-refractivity contribution < 1.29 is 17.9 Å². The van der Waals surface area contributed by atoms with Crippen molar-refractivity contribution in [2.45, 2.75) is 24.7 Å². The maximum Gasteiger partial charge on any atom is 0.243 e. The highest BCUT2D eigenvalue weighted by Gasteiger charge is 2.28. The number of hydrogen-bond donors (Lipinski definition) is 0. The van der Waals surface area contributed by atoms with Crippen LogP contribution in [0.3, 0.4) is 0 Å². The van der Waals surface area contributed by atoms with E-state index < -0.39 is 10.0 Å². The molecular weight excluding hydrogens is 420 g/mol. The van der Waals surface area contributed by atoms with E-state index in [9.17, 15) is 8.42 Å². The van der Waals surface area contributed by atoms with Gasteiger partial charge in [-0.1, -0.05) is 0 Å². The molecule has 3 aromatic rings. The summed E-state index contributed by atoms with van der Waals surface area (Å²) in [5, 5.41) is 12.7.